The van der Waals surface area contributed by atoms with Gasteiger partial charge in [-0.3, -0.25) is 9.59 Å². The predicted octanol–water partition coefficient (Wildman–Crippen LogP) is 1.21. The Hall–Kier alpha value is -0.710. The van der Waals surface area contributed by atoms with Gasteiger partial charge in [-0.1, -0.05) is 13.8 Å². The van der Waals surface area contributed by atoms with Gasteiger partial charge in [0.05, 0.1) is 11.6 Å². The maximum absolute atomic E-state index is 11.8. The van der Waals surface area contributed by atoms with Crippen molar-refractivity contribution in [3.63, 3.8) is 0 Å². The fourth-order valence-corrected chi connectivity index (χ4v) is 3.45. The standard InChI is InChI=1S/C12H20N2O2S/c1-12(2)4-3-9(5-12)13-10(15)6-14-8-17-7-11(14)16/h9H,3-8H2,1-2H3,(H,13,15). The highest BCUT2D eigenvalue weighted by atomic mass is 32.2. The topological polar surface area (TPSA) is 49.4 Å². The van der Waals surface area contributed by atoms with E-state index >= 15 is 0 Å². The van der Waals surface area contributed by atoms with E-state index in [0.29, 0.717) is 23.1 Å². The van der Waals surface area contributed by atoms with Crippen LogP contribution in [-0.2, 0) is 9.59 Å². The van der Waals surface area contributed by atoms with Gasteiger partial charge in [0.25, 0.3) is 0 Å². The van der Waals surface area contributed by atoms with Crippen molar-refractivity contribution in [3.8, 4) is 0 Å². The van der Waals surface area contributed by atoms with E-state index in [-0.39, 0.29) is 18.4 Å². The van der Waals surface area contributed by atoms with Crippen molar-refractivity contribution in [2.75, 3.05) is 18.2 Å². The zero-order valence-electron chi connectivity index (χ0n) is 10.5. The zero-order chi connectivity index (χ0) is 12.5. The van der Waals surface area contributed by atoms with Crippen LogP contribution in [-0.4, -0.2) is 40.9 Å². The molecule has 1 aliphatic carbocycles. The van der Waals surface area contributed by atoms with Crippen molar-refractivity contribution in [1.82, 2.24) is 10.2 Å². The van der Waals surface area contributed by atoms with Crippen molar-refractivity contribution in [2.45, 2.75) is 39.2 Å². The highest BCUT2D eigenvalue weighted by molar-refractivity contribution is 8.00. The highest BCUT2D eigenvalue weighted by Crippen LogP contribution is 2.36. The second-order valence-corrected chi connectivity index (χ2v) is 6.70. The molecule has 1 heterocycles. The summed E-state index contributed by atoms with van der Waals surface area (Å²) in [7, 11) is 0. The van der Waals surface area contributed by atoms with Crippen LogP contribution in [0.2, 0.25) is 0 Å². The first-order chi connectivity index (χ1) is 7.96. The van der Waals surface area contributed by atoms with Crippen LogP contribution in [0.25, 0.3) is 0 Å². The molecule has 5 heteroatoms. The summed E-state index contributed by atoms with van der Waals surface area (Å²) >= 11 is 1.57. The minimum atomic E-state index is -0.0106. The van der Waals surface area contributed by atoms with Gasteiger partial charge < -0.3 is 10.2 Å². The van der Waals surface area contributed by atoms with Crippen molar-refractivity contribution in [2.24, 2.45) is 5.41 Å². The van der Waals surface area contributed by atoms with Gasteiger partial charge in [0.2, 0.25) is 11.8 Å². The molecule has 1 unspecified atom stereocenters. The minimum Gasteiger partial charge on any atom is -0.352 e. The van der Waals surface area contributed by atoms with E-state index in [9.17, 15) is 9.59 Å². The van der Waals surface area contributed by atoms with Gasteiger partial charge in [0.15, 0.2) is 0 Å². The lowest BCUT2D eigenvalue weighted by Gasteiger charge is -2.19. The first-order valence-electron chi connectivity index (χ1n) is 6.11. The molecule has 2 fully saturated rings. The fourth-order valence-electron chi connectivity index (χ4n) is 2.55. The van der Waals surface area contributed by atoms with Crippen LogP contribution in [0, 0.1) is 5.41 Å². The summed E-state index contributed by atoms with van der Waals surface area (Å²) in [4.78, 5) is 24.8. The Labute approximate surface area is 106 Å². The van der Waals surface area contributed by atoms with Crippen LogP contribution < -0.4 is 5.32 Å². The van der Waals surface area contributed by atoms with E-state index in [4.69, 9.17) is 0 Å². The number of rotatable bonds is 3. The predicted molar refractivity (Wildman–Crippen MR) is 68.6 cm³/mol. The third kappa shape index (κ3) is 3.37. The number of hydrogen-bond acceptors (Lipinski definition) is 3. The van der Waals surface area contributed by atoms with Crippen molar-refractivity contribution >= 4 is 23.6 Å². The van der Waals surface area contributed by atoms with Crippen molar-refractivity contribution in [3.05, 3.63) is 0 Å². The third-order valence-electron chi connectivity index (χ3n) is 3.49. The largest absolute Gasteiger partial charge is 0.352 e. The smallest absolute Gasteiger partial charge is 0.239 e. The van der Waals surface area contributed by atoms with Gasteiger partial charge in [-0.2, -0.15) is 0 Å². The van der Waals surface area contributed by atoms with Crippen LogP contribution in [0.15, 0.2) is 0 Å². The molecule has 2 aliphatic rings. The SMILES string of the molecule is CC1(C)CCC(NC(=O)CN2CSCC2=O)C1. The van der Waals surface area contributed by atoms with Crippen molar-refractivity contribution < 1.29 is 9.59 Å². The van der Waals surface area contributed by atoms with Crippen LogP contribution in [0.3, 0.4) is 0 Å². The molecule has 0 aromatic rings. The normalized spacial score (nSPS) is 27.5. The minimum absolute atomic E-state index is 0.0106. The molecular weight excluding hydrogens is 236 g/mol. The van der Waals surface area contributed by atoms with Gasteiger partial charge in [0, 0.05) is 6.04 Å². The number of nitrogens with one attached hydrogen (secondary N) is 1. The quantitative estimate of drug-likeness (QED) is 0.826. The summed E-state index contributed by atoms with van der Waals surface area (Å²) in [6.45, 7) is 4.70. The average Bonchev–Trinajstić information content (AvgIpc) is 2.74. The molecule has 2 amide bonds. The van der Waals surface area contributed by atoms with Gasteiger partial charge in [-0.25, -0.2) is 0 Å². The van der Waals surface area contributed by atoms with Crippen LogP contribution >= 0.6 is 11.8 Å². The van der Waals surface area contributed by atoms with Crippen LogP contribution in [0.5, 0.6) is 0 Å². The second-order valence-electron chi connectivity index (χ2n) is 5.74. The van der Waals surface area contributed by atoms with E-state index in [1.165, 1.54) is 0 Å². The van der Waals surface area contributed by atoms with Gasteiger partial charge >= 0.3 is 0 Å². The van der Waals surface area contributed by atoms with Crippen molar-refractivity contribution in [1.29, 1.82) is 0 Å². The molecule has 2 rings (SSSR count). The maximum atomic E-state index is 11.8. The first-order valence-corrected chi connectivity index (χ1v) is 7.27. The summed E-state index contributed by atoms with van der Waals surface area (Å²) < 4.78 is 0. The highest BCUT2D eigenvalue weighted by Gasteiger charge is 2.32. The number of carbonyl (C=O) groups excluding carboxylic acids is 2. The lowest BCUT2D eigenvalue weighted by molar-refractivity contribution is -0.132. The first kappa shape index (κ1) is 12.7. The molecule has 1 saturated heterocycles. The average molecular weight is 256 g/mol. The number of hydrogen-bond donors (Lipinski definition) is 1. The Morgan fingerprint density at radius 2 is 2.35 bits per heavy atom. The Bertz CT molecular complexity index is 330. The molecule has 1 N–H and O–H groups in total. The molecule has 1 saturated carbocycles. The third-order valence-corrected chi connectivity index (χ3v) is 4.44. The molecule has 0 spiro atoms. The summed E-state index contributed by atoms with van der Waals surface area (Å²) in [5.74, 6) is 1.24. The Balaban J connectivity index is 1.76. The monoisotopic (exact) mass is 256 g/mol. The van der Waals surface area contributed by atoms with Gasteiger partial charge in [0.1, 0.15) is 6.54 Å². The summed E-state index contributed by atoms with van der Waals surface area (Å²) in [5.41, 5.74) is 0.345. The fraction of sp³-hybridized carbons (Fsp3) is 0.833. The summed E-state index contributed by atoms with van der Waals surface area (Å²) in [6.07, 6.45) is 3.26. The number of thioether (sulfide) groups is 1. The van der Waals surface area contributed by atoms with E-state index < -0.39 is 0 Å². The van der Waals surface area contributed by atoms with Crippen LogP contribution in [0.4, 0.5) is 0 Å². The molecular formula is C12H20N2O2S. The number of carbonyl (C=O) groups is 2. The zero-order valence-corrected chi connectivity index (χ0v) is 11.3. The Morgan fingerprint density at radius 3 is 2.88 bits per heavy atom. The van der Waals surface area contributed by atoms with E-state index in [2.05, 4.69) is 19.2 Å². The number of nitrogens with zero attached hydrogens (tertiary/aromatic N) is 1. The lowest BCUT2D eigenvalue weighted by atomic mass is 9.92. The molecule has 0 radical (unpaired) electrons. The molecule has 4 nitrogen and oxygen atoms in total. The van der Waals surface area contributed by atoms with E-state index in [1.54, 1.807) is 16.7 Å². The van der Waals surface area contributed by atoms with Crippen LogP contribution in [0.1, 0.15) is 33.1 Å². The molecule has 1 atom stereocenters. The second kappa shape index (κ2) is 4.88. The van der Waals surface area contributed by atoms with Gasteiger partial charge in [-0.05, 0) is 24.7 Å². The Kier molecular flexibility index (Phi) is 3.66. The summed E-state index contributed by atoms with van der Waals surface area (Å²) in [5, 5.41) is 3.04. The molecule has 17 heavy (non-hydrogen) atoms. The van der Waals surface area contributed by atoms with Gasteiger partial charge in [-0.15, -0.1) is 11.8 Å². The molecule has 96 valence electrons. The molecule has 0 bridgehead atoms. The molecule has 0 aromatic carbocycles. The van der Waals surface area contributed by atoms with E-state index in [0.717, 1.165) is 19.3 Å². The Morgan fingerprint density at radius 1 is 1.59 bits per heavy atom. The lowest BCUT2D eigenvalue weighted by Crippen LogP contribution is -2.42. The van der Waals surface area contributed by atoms with E-state index in [1.807, 2.05) is 0 Å². The molecule has 1 aliphatic heterocycles. The number of amides is 2. The summed E-state index contributed by atoms with van der Waals surface area (Å²) in [6, 6.07) is 0.294. The maximum Gasteiger partial charge on any atom is 0.239 e. The molecule has 0 aromatic heterocycles.